The van der Waals surface area contributed by atoms with Crippen molar-refractivity contribution in [1.82, 2.24) is 15.2 Å². The third-order valence-electron chi connectivity index (χ3n) is 3.22. The summed E-state index contributed by atoms with van der Waals surface area (Å²) in [6, 6.07) is 4.23. The third kappa shape index (κ3) is 3.18. The van der Waals surface area contributed by atoms with Gasteiger partial charge in [0.05, 0.1) is 30.1 Å². The highest BCUT2D eigenvalue weighted by Gasteiger charge is 2.22. The molecule has 0 fully saturated rings. The first-order valence-corrected chi connectivity index (χ1v) is 7.00. The number of hydrazine groups is 1. The van der Waals surface area contributed by atoms with E-state index in [1.165, 1.54) is 13.2 Å². The van der Waals surface area contributed by atoms with Gasteiger partial charge in [-0.1, -0.05) is 24.6 Å². The van der Waals surface area contributed by atoms with Gasteiger partial charge in [0, 0.05) is 6.54 Å². The zero-order valence-electron chi connectivity index (χ0n) is 11.9. The highest BCUT2D eigenvalue weighted by Crippen LogP contribution is 2.30. The molecule has 1 unspecified atom stereocenters. The van der Waals surface area contributed by atoms with Crippen LogP contribution in [0.4, 0.5) is 4.39 Å². The van der Waals surface area contributed by atoms with E-state index in [4.69, 9.17) is 22.2 Å². The van der Waals surface area contributed by atoms with Crippen LogP contribution in [0, 0.1) is 5.82 Å². The zero-order valence-corrected chi connectivity index (χ0v) is 12.7. The Bertz CT molecular complexity index is 617. The summed E-state index contributed by atoms with van der Waals surface area (Å²) in [5, 5.41) is 4.72. The number of aryl methyl sites for hydroxylation is 1. The number of methoxy groups -OCH3 is 1. The SMILES string of the molecule is CCCn1ncc(Cl)c1C(NN)c1ccc(OC)c(F)c1. The maximum Gasteiger partial charge on any atom is 0.165 e. The van der Waals surface area contributed by atoms with Gasteiger partial charge in [0.1, 0.15) is 0 Å². The van der Waals surface area contributed by atoms with Crippen LogP contribution in [-0.4, -0.2) is 16.9 Å². The molecule has 7 heteroatoms. The first-order chi connectivity index (χ1) is 10.1. The van der Waals surface area contributed by atoms with Gasteiger partial charge in [-0.25, -0.2) is 9.82 Å². The van der Waals surface area contributed by atoms with Crippen LogP contribution < -0.4 is 16.0 Å². The lowest BCUT2D eigenvalue weighted by Gasteiger charge is -2.19. The van der Waals surface area contributed by atoms with E-state index in [1.807, 2.05) is 6.92 Å². The number of benzene rings is 1. The number of nitrogens with one attached hydrogen (secondary N) is 1. The van der Waals surface area contributed by atoms with Crippen LogP contribution in [0.5, 0.6) is 5.75 Å². The van der Waals surface area contributed by atoms with Crippen molar-refractivity contribution >= 4 is 11.6 Å². The average Bonchev–Trinajstić information content (AvgIpc) is 2.82. The Balaban J connectivity index is 2.44. The number of rotatable bonds is 6. The third-order valence-corrected chi connectivity index (χ3v) is 3.51. The second-order valence-electron chi connectivity index (χ2n) is 4.59. The number of hydrogen-bond donors (Lipinski definition) is 2. The van der Waals surface area contributed by atoms with E-state index < -0.39 is 11.9 Å². The second kappa shape index (κ2) is 6.89. The van der Waals surface area contributed by atoms with E-state index >= 15 is 0 Å². The topological polar surface area (TPSA) is 65.1 Å². The lowest BCUT2D eigenvalue weighted by Crippen LogP contribution is -2.31. The normalized spacial score (nSPS) is 12.4. The summed E-state index contributed by atoms with van der Waals surface area (Å²) in [4.78, 5) is 0. The van der Waals surface area contributed by atoms with E-state index in [0.29, 0.717) is 22.8 Å². The van der Waals surface area contributed by atoms with E-state index in [2.05, 4.69) is 10.5 Å². The first kappa shape index (κ1) is 15.8. The number of ether oxygens (including phenoxy) is 1. The van der Waals surface area contributed by atoms with Crippen molar-refractivity contribution < 1.29 is 9.13 Å². The standard InChI is InChI=1S/C14H18ClFN4O/c1-3-6-20-14(10(15)8-18-20)13(19-17)9-4-5-12(21-2)11(16)7-9/h4-5,7-8,13,19H,3,6,17H2,1-2H3. The van der Waals surface area contributed by atoms with E-state index in [-0.39, 0.29) is 5.75 Å². The lowest BCUT2D eigenvalue weighted by molar-refractivity contribution is 0.385. The largest absolute Gasteiger partial charge is 0.494 e. The molecule has 0 saturated heterocycles. The second-order valence-corrected chi connectivity index (χ2v) is 5.00. The fourth-order valence-corrected chi connectivity index (χ4v) is 2.49. The molecule has 2 aromatic rings. The highest BCUT2D eigenvalue weighted by molar-refractivity contribution is 6.31. The summed E-state index contributed by atoms with van der Waals surface area (Å²) in [6.07, 6.45) is 2.47. The fraction of sp³-hybridized carbons (Fsp3) is 0.357. The molecule has 2 rings (SSSR count). The molecule has 5 nitrogen and oxygen atoms in total. The van der Waals surface area contributed by atoms with Gasteiger partial charge in [0.15, 0.2) is 11.6 Å². The van der Waals surface area contributed by atoms with Gasteiger partial charge in [-0.3, -0.25) is 10.5 Å². The quantitative estimate of drug-likeness (QED) is 0.636. The van der Waals surface area contributed by atoms with E-state index in [0.717, 1.165) is 6.42 Å². The van der Waals surface area contributed by atoms with Crippen molar-refractivity contribution in [2.75, 3.05) is 7.11 Å². The molecule has 0 aliphatic rings. The molecule has 0 aliphatic heterocycles. The van der Waals surface area contributed by atoms with Crippen LogP contribution in [-0.2, 0) is 6.54 Å². The molecular weight excluding hydrogens is 295 g/mol. The summed E-state index contributed by atoms with van der Waals surface area (Å²) >= 11 is 6.21. The molecule has 0 aliphatic carbocycles. The minimum atomic E-state index is -0.452. The Kier molecular flexibility index (Phi) is 5.17. The van der Waals surface area contributed by atoms with Crippen molar-refractivity contribution in [2.45, 2.75) is 25.9 Å². The Morgan fingerprint density at radius 2 is 2.29 bits per heavy atom. The van der Waals surface area contributed by atoms with Crippen LogP contribution in [0.2, 0.25) is 5.02 Å². The number of halogens is 2. The van der Waals surface area contributed by atoms with Gasteiger partial charge in [0.2, 0.25) is 0 Å². The van der Waals surface area contributed by atoms with Gasteiger partial charge < -0.3 is 4.74 Å². The molecule has 114 valence electrons. The molecule has 0 spiro atoms. The Morgan fingerprint density at radius 3 is 2.86 bits per heavy atom. The molecule has 0 radical (unpaired) electrons. The van der Waals surface area contributed by atoms with Crippen LogP contribution in [0.15, 0.2) is 24.4 Å². The smallest absolute Gasteiger partial charge is 0.165 e. The van der Waals surface area contributed by atoms with Crippen molar-refractivity contribution in [2.24, 2.45) is 5.84 Å². The predicted octanol–water partition coefficient (Wildman–Crippen LogP) is 2.65. The molecule has 21 heavy (non-hydrogen) atoms. The van der Waals surface area contributed by atoms with Gasteiger partial charge in [-0.05, 0) is 24.1 Å². The Hall–Kier alpha value is -1.63. The van der Waals surface area contributed by atoms with Crippen molar-refractivity contribution in [3.8, 4) is 5.75 Å². The van der Waals surface area contributed by atoms with Gasteiger partial charge in [-0.15, -0.1) is 0 Å². The lowest BCUT2D eigenvalue weighted by atomic mass is 10.0. The van der Waals surface area contributed by atoms with Crippen molar-refractivity contribution in [3.05, 3.63) is 46.5 Å². The Morgan fingerprint density at radius 1 is 1.52 bits per heavy atom. The van der Waals surface area contributed by atoms with Crippen LogP contribution in [0.25, 0.3) is 0 Å². The van der Waals surface area contributed by atoms with Gasteiger partial charge >= 0.3 is 0 Å². The molecule has 1 heterocycles. The molecule has 1 atom stereocenters. The van der Waals surface area contributed by atoms with Gasteiger partial charge in [-0.2, -0.15) is 5.10 Å². The monoisotopic (exact) mass is 312 g/mol. The summed E-state index contributed by atoms with van der Waals surface area (Å²) in [5.74, 6) is 5.38. The summed E-state index contributed by atoms with van der Waals surface area (Å²) < 4.78 is 20.6. The first-order valence-electron chi connectivity index (χ1n) is 6.63. The molecular formula is C14H18ClFN4O. The van der Waals surface area contributed by atoms with Gasteiger partial charge in [0.25, 0.3) is 0 Å². The zero-order chi connectivity index (χ0) is 15.4. The summed E-state index contributed by atoms with van der Waals surface area (Å²) in [6.45, 7) is 2.75. The van der Waals surface area contributed by atoms with Crippen LogP contribution in [0.1, 0.15) is 30.6 Å². The fourth-order valence-electron chi connectivity index (χ4n) is 2.24. The number of hydrogen-bond acceptors (Lipinski definition) is 4. The summed E-state index contributed by atoms with van der Waals surface area (Å²) in [7, 11) is 1.42. The van der Waals surface area contributed by atoms with Crippen molar-refractivity contribution in [1.29, 1.82) is 0 Å². The number of nitrogens with two attached hydrogens (primary N) is 1. The number of nitrogens with zero attached hydrogens (tertiary/aromatic N) is 2. The molecule has 0 bridgehead atoms. The molecule has 1 aromatic heterocycles. The minimum absolute atomic E-state index is 0.183. The maximum absolute atomic E-state index is 13.9. The molecule has 3 N–H and O–H groups in total. The predicted molar refractivity (Wildman–Crippen MR) is 79.6 cm³/mol. The minimum Gasteiger partial charge on any atom is -0.494 e. The maximum atomic E-state index is 13.9. The molecule has 0 saturated carbocycles. The van der Waals surface area contributed by atoms with Crippen LogP contribution >= 0.6 is 11.6 Å². The molecule has 0 amide bonds. The van der Waals surface area contributed by atoms with E-state index in [1.54, 1.807) is 23.0 Å². The Labute approximate surface area is 127 Å². The van der Waals surface area contributed by atoms with E-state index in [9.17, 15) is 4.39 Å². The highest BCUT2D eigenvalue weighted by atomic mass is 35.5. The van der Waals surface area contributed by atoms with Crippen molar-refractivity contribution in [3.63, 3.8) is 0 Å². The summed E-state index contributed by atoms with van der Waals surface area (Å²) in [5.41, 5.74) is 4.03. The van der Waals surface area contributed by atoms with Crippen LogP contribution in [0.3, 0.4) is 0 Å². The average molecular weight is 313 g/mol. The molecule has 1 aromatic carbocycles. The number of aromatic nitrogens is 2.